The first kappa shape index (κ1) is 22.3. The van der Waals surface area contributed by atoms with Crippen molar-refractivity contribution >= 4 is 39.7 Å². The summed E-state index contributed by atoms with van der Waals surface area (Å²) >= 11 is 0. The van der Waals surface area contributed by atoms with Crippen molar-refractivity contribution < 1.29 is 18.8 Å². The Kier molecular flexibility index (Phi) is 5.48. The first-order valence-corrected chi connectivity index (χ1v) is 12.4. The first-order chi connectivity index (χ1) is 17.5. The van der Waals surface area contributed by atoms with Gasteiger partial charge < -0.3 is 19.5 Å². The molecule has 7 nitrogen and oxygen atoms in total. The van der Waals surface area contributed by atoms with Gasteiger partial charge in [0.25, 0.3) is 0 Å². The number of carbonyl (C=O) groups is 2. The second-order valence-corrected chi connectivity index (χ2v) is 9.55. The van der Waals surface area contributed by atoms with Crippen molar-refractivity contribution in [3.05, 3.63) is 71.3 Å². The zero-order chi connectivity index (χ0) is 24.8. The maximum Gasteiger partial charge on any atom is 0.338 e. The molecule has 0 bridgehead atoms. The molecule has 1 aliphatic heterocycles. The number of piperidine rings is 1. The maximum absolute atomic E-state index is 13.8. The van der Waals surface area contributed by atoms with Gasteiger partial charge in [-0.25, -0.2) is 4.79 Å². The summed E-state index contributed by atoms with van der Waals surface area (Å²) in [6.45, 7) is 6.18. The molecule has 1 fully saturated rings. The minimum absolute atomic E-state index is 0.0751. The molecule has 182 valence electrons. The van der Waals surface area contributed by atoms with Gasteiger partial charge >= 0.3 is 5.97 Å². The fourth-order valence-corrected chi connectivity index (χ4v) is 5.38. The minimum atomic E-state index is -0.382. The predicted molar refractivity (Wildman–Crippen MR) is 139 cm³/mol. The molecule has 0 spiro atoms. The summed E-state index contributed by atoms with van der Waals surface area (Å²) in [7, 11) is 0. The number of benzene rings is 3. The predicted octanol–water partition coefficient (Wildman–Crippen LogP) is 6.20. The van der Waals surface area contributed by atoms with Crippen LogP contribution in [0.3, 0.4) is 0 Å². The molecule has 0 saturated carbocycles. The molecular weight excluding hydrogens is 454 g/mol. The van der Waals surface area contributed by atoms with E-state index in [9.17, 15) is 9.59 Å². The number of carbonyl (C=O) groups excluding carboxylic acids is 2. The van der Waals surface area contributed by atoms with E-state index in [1.165, 1.54) is 6.42 Å². The summed E-state index contributed by atoms with van der Waals surface area (Å²) < 4.78 is 11.1. The zero-order valence-electron chi connectivity index (χ0n) is 20.3. The van der Waals surface area contributed by atoms with Crippen molar-refractivity contribution in [2.24, 2.45) is 5.92 Å². The molecule has 3 aromatic carbocycles. The van der Waals surface area contributed by atoms with E-state index in [1.807, 2.05) is 36.4 Å². The van der Waals surface area contributed by atoms with Crippen molar-refractivity contribution in [1.82, 2.24) is 5.16 Å². The largest absolute Gasteiger partial charge is 0.462 e. The van der Waals surface area contributed by atoms with E-state index in [0.717, 1.165) is 36.1 Å². The van der Waals surface area contributed by atoms with Crippen LogP contribution >= 0.6 is 0 Å². The smallest absolute Gasteiger partial charge is 0.338 e. The van der Waals surface area contributed by atoms with Crippen LogP contribution in [0.25, 0.3) is 22.2 Å². The standard InChI is InChI=1S/C29H27N3O4/c1-3-35-29(34)18-9-6-10-19(14-18)30-22-15-23(32-13-7-8-17(2)16-32)26-25-24(22)27(33)20-11-4-5-12-21(20)28(25)36-31-26/h4-6,9-12,14-15,17,30H,3,7-8,13,16H2,1-2H3/t17-/m1/s1. The maximum atomic E-state index is 13.8. The summed E-state index contributed by atoms with van der Waals surface area (Å²) in [6, 6.07) is 16.6. The third-order valence-electron chi connectivity index (χ3n) is 7.03. The number of nitrogens with zero attached hydrogens (tertiary/aromatic N) is 2. The third-order valence-corrected chi connectivity index (χ3v) is 7.03. The second-order valence-electron chi connectivity index (χ2n) is 9.55. The number of hydrogen-bond acceptors (Lipinski definition) is 7. The highest BCUT2D eigenvalue weighted by atomic mass is 16.5. The lowest BCUT2D eigenvalue weighted by Crippen LogP contribution is -2.34. The van der Waals surface area contributed by atoms with E-state index < -0.39 is 0 Å². The molecule has 6 rings (SSSR count). The van der Waals surface area contributed by atoms with Crippen molar-refractivity contribution in [1.29, 1.82) is 0 Å². The number of ether oxygens (including phenoxy) is 1. The van der Waals surface area contributed by atoms with Crippen LogP contribution in [0.2, 0.25) is 0 Å². The Morgan fingerprint density at radius 3 is 2.81 bits per heavy atom. The molecule has 36 heavy (non-hydrogen) atoms. The monoisotopic (exact) mass is 481 g/mol. The summed E-state index contributed by atoms with van der Waals surface area (Å²) in [5, 5.41) is 8.64. The second kappa shape index (κ2) is 8.82. The summed E-state index contributed by atoms with van der Waals surface area (Å²) in [5.74, 6) is 0.722. The Bertz CT molecular complexity index is 1510. The highest BCUT2D eigenvalue weighted by Gasteiger charge is 2.34. The van der Waals surface area contributed by atoms with Crippen LogP contribution in [-0.2, 0) is 4.74 Å². The number of nitrogens with one attached hydrogen (secondary N) is 1. The van der Waals surface area contributed by atoms with Gasteiger partial charge in [-0.2, -0.15) is 0 Å². The topological polar surface area (TPSA) is 84.7 Å². The Labute approximate surface area is 209 Å². The molecule has 1 aromatic heterocycles. The number of aromatic nitrogens is 1. The molecule has 2 heterocycles. The Morgan fingerprint density at radius 2 is 2.00 bits per heavy atom. The Morgan fingerprint density at radius 1 is 1.17 bits per heavy atom. The Hall–Kier alpha value is -4.13. The van der Waals surface area contributed by atoms with Gasteiger partial charge in [-0.3, -0.25) is 4.79 Å². The Balaban J connectivity index is 1.53. The molecule has 0 radical (unpaired) electrons. The van der Waals surface area contributed by atoms with E-state index in [4.69, 9.17) is 9.26 Å². The van der Waals surface area contributed by atoms with E-state index in [1.54, 1.807) is 25.1 Å². The lowest BCUT2D eigenvalue weighted by atomic mass is 9.86. The lowest BCUT2D eigenvalue weighted by molar-refractivity contribution is 0.0526. The molecule has 7 heteroatoms. The van der Waals surface area contributed by atoms with Crippen LogP contribution in [0.5, 0.6) is 0 Å². The third kappa shape index (κ3) is 3.63. The number of esters is 1. The van der Waals surface area contributed by atoms with Crippen LogP contribution in [0, 0.1) is 5.92 Å². The van der Waals surface area contributed by atoms with Crippen LogP contribution in [0.4, 0.5) is 17.1 Å². The highest BCUT2D eigenvalue weighted by Crippen LogP contribution is 2.46. The molecule has 0 unspecified atom stereocenters. The summed E-state index contributed by atoms with van der Waals surface area (Å²) in [4.78, 5) is 28.5. The van der Waals surface area contributed by atoms with Crippen LogP contribution in [0.15, 0.2) is 59.1 Å². The molecular formula is C29H27N3O4. The quantitative estimate of drug-likeness (QED) is 0.299. The van der Waals surface area contributed by atoms with E-state index in [-0.39, 0.29) is 11.8 Å². The fourth-order valence-electron chi connectivity index (χ4n) is 5.38. The van der Waals surface area contributed by atoms with Gasteiger partial charge in [0.1, 0.15) is 5.52 Å². The van der Waals surface area contributed by atoms with Gasteiger partial charge in [-0.05, 0) is 49.9 Å². The van der Waals surface area contributed by atoms with Gasteiger partial charge in [0, 0.05) is 29.9 Å². The molecule has 1 N–H and O–H groups in total. The molecule has 0 amide bonds. The van der Waals surface area contributed by atoms with E-state index in [2.05, 4.69) is 22.3 Å². The lowest BCUT2D eigenvalue weighted by Gasteiger charge is -2.33. The van der Waals surface area contributed by atoms with E-state index in [0.29, 0.717) is 51.9 Å². The van der Waals surface area contributed by atoms with Gasteiger partial charge in [-0.1, -0.05) is 42.4 Å². The van der Waals surface area contributed by atoms with Crippen molar-refractivity contribution in [2.45, 2.75) is 26.7 Å². The number of hydrogen-bond donors (Lipinski definition) is 1. The van der Waals surface area contributed by atoms with Gasteiger partial charge in [-0.15, -0.1) is 0 Å². The van der Waals surface area contributed by atoms with Crippen molar-refractivity contribution in [2.75, 3.05) is 29.9 Å². The highest BCUT2D eigenvalue weighted by molar-refractivity contribution is 6.28. The zero-order valence-corrected chi connectivity index (χ0v) is 20.3. The molecule has 1 saturated heterocycles. The average molecular weight is 482 g/mol. The fraction of sp³-hybridized carbons (Fsp3) is 0.276. The summed E-state index contributed by atoms with van der Waals surface area (Å²) in [5.41, 5.74) is 5.36. The first-order valence-electron chi connectivity index (χ1n) is 12.4. The normalized spacial score (nSPS) is 16.7. The van der Waals surface area contributed by atoms with Crippen LogP contribution in [0.1, 0.15) is 53.0 Å². The van der Waals surface area contributed by atoms with Gasteiger partial charge in [0.15, 0.2) is 11.5 Å². The number of ketones is 1. The average Bonchev–Trinajstić information content (AvgIpc) is 3.33. The summed E-state index contributed by atoms with van der Waals surface area (Å²) in [6.07, 6.45) is 2.29. The number of rotatable bonds is 5. The molecule has 4 aromatic rings. The van der Waals surface area contributed by atoms with Crippen molar-refractivity contribution in [3.8, 4) is 11.3 Å². The minimum Gasteiger partial charge on any atom is -0.462 e. The number of anilines is 3. The van der Waals surface area contributed by atoms with Gasteiger partial charge in [0.2, 0.25) is 0 Å². The molecule has 1 aliphatic carbocycles. The van der Waals surface area contributed by atoms with E-state index >= 15 is 0 Å². The number of fused-ring (bicyclic) bond motifs is 2. The van der Waals surface area contributed by atoms with Crippen molar-refractivity contribution in [3.63, 3.8) is 0 Å². The SMILES string of the molecule is CCOC(=O)c1cccc(Nc2cc(N3CCC[C@@H](C)C3)c3noc4c3c2C(=O)c2ccccc2-4)c1. The van der Waals surface area contributed by atoms with Gasteiger partial charge in [0.05, 0.1) is 34.5 Å². The molecule has 1 atom stereocenters. The van der Waals surface area contributed by atoms with Crippen LogP contribution in [-0.4, -0.2) is 36.6 Å². The van der Waals surface area contributed by atoms with Crippen LogP contribution < -0.4 is 10.2 Å². The molecule has 2 aliphatic rings.